The van der Waals surface area contributed by atoms with Crippen molar-refractivity contribution in [3.05, 3.63) is 112 Å². The zero-order valence-electron chi connectivity index (χ0n) is 17.1. The van der Waals surface area contributed by atoms with Gasteiger partial charge in [0.15, 0.2) is 0 Å². The topological polar surface area (TPSA) is 32.7 Å². The first kappa shape index (κ1) is 19.8. The van der Waals surface area contributed by atoms with Gasteiger partial charge in [-0.05, 0) is 54.2 Å². The molecule has 3 aromatic rings. The van der Waals surface area contributed by atoms with Gasteiger partial charge in [0, 0.05) is 5.92 Å². The lowest BCUT2D eigenvalue weighted by Gasteiger charge is -2.29. The fraction of sp³-hybridized carbons (Fsp3) is 0.185. The van der Waals surface area contributed by atoms with E-state index in [-0.39, 0.29) is 17.9 Å². The average molecular weight is 427 g/mol. The van der Waals surface area contributed by atoms with Crippen LogP contribution in [0.15, 0.2) is 95.6 Å². The largest absolute Gasteiger partial charge is 0.276 e. The molecule has 3 nitrogen and oxygen atoms in total. The van der Waals surface area contributed by atoms with Crippen LogP contribution in [0.2, 0.25) is 5.02 Å². The van der Waals surface area contributed by atoms with E-state index in [1.807, 2.05) is 48.5 Å². The van der Waals surface area contributed by atoms with Crippen LogP contribution in [0.3, 0.4) is 0 Å². The van der Waals surface area contributed by atoms with Gasteiger partial charge in [-0.1, -0.05) is 84.4 Å². The molecule has 154 valence electrons. The lowest BCUT2D eigenvalue weighted by Crippen LogP contribution is -2.32. The van der Waals surface area contributed by atoms with Crippen molar-refractivity contribution in [2.45, 2.75) is 25.3 Å². The molecule has 5 rings (SSSR count). The van der Waals surface area contributed by atoms with Gasteiger partial charge in [0.1, 0.15) is 0 Å². The molecule has 1 aliphatic carbocycles. The van der Waals surface area contributed by atoms with E-state index >= 15 is 0 Å². The Kier molecular flexibility index (Phi) is 5.44. The number of nitrogens with zero attached hydrogens (tertiary/aromatic N) is 2. The highest BCUT2D eigenvalue weighted by Gasteiger charge is 2.44. The number of benzene rings is 3. The second-order valence-electron chi connectivity index (χ2n) is 8.05. The van der Waals surface area contributed by atoms with E-state index < -0.39 is 0 Å². The van der Waals surface area contributed by atoms with Gasteiger partial charge in [-0.25, -0.2) is 5.01 Å². The van der Waals surface area contributed by atoms with Crippen LogP contribution in [0.4, 0.5) is 0 Å². The van der Waals surface area contributed by atoms with E-state index in [1.165, 1.54) is 5.57 Å². The first-order chi connectivity index (χ1) is 15.2. The first-order valence-corrected chi connectivity index (χ1v) is 11.1. The quantitative estimate of drug-likeness (QED) is 0.454. The number of allylic oxidation sites excluding steroid dienone is 1. The number of halogens is 1. The van der Waals surface area contributed by atoms with Crippen LogP contribution in [-0.4, -0.2) is 16.6 Å². The fourth-order valence-electron chi connectivity index (χ4n) is 4.66. The molecule has 0 radical (unpaired) electrons. The number of hydrogen-bond donors (Lipinski definition) is 0. The van der Waals surface area contributed by atoms with Gasteiger partial charge in [-0.2, -0.15) is 5.10 Å². The van der Waals surface area contributed by atoms with Crippen LogP contribution in [0.1, 0.15) is 46.8 Å². The molecule has 0 bridgehead atoms. The molecule has 1 fully saturated rings. The van der Waals surface area contributed by atoms with E-state index in [2.05, 4.69) is 30.3 Å². The molecular formula is C27H23ClN2O. The highest BCUT2D eigenvalue weighted by atomic mass is 35.5. The first-order valence-electron chi connectivity index (χ1n) is 10.7. The molecule has 4 heteroatoms. The lowest BCUT2D eigenvalue weighted by atomic mass is 9.77. The number of rotatable bonds is 3. The standard InChI is InChI=1S/C27H23ClN2O/c28-24-17-8-7-15-22(24)27(31)30-26(20-12-5-2-6-13-20)23-16-9-14-21(25(23)29-30)18-19-10-3-1-4-11-19/h1-8,10-13,15,17-18,23,26H,9,14,16H2/b21-18+/t23-,26-/m0/s1. The Morgan fingerprint density at radius 3 is 2.35 bits per heavy atom. The Morgan fingerprint density at radius 1 is 0.935 bits per heavy atom. The minimum Gasteiger partial charge on any atom is -0.267 e. The Balaban J connectivity index is 1.59. The molecule has 0 N–H and O–H groups in total. The van der Waals surface area contributed by atoms with E-state index in [0.717, 1.165) is 36.1 Å². The third-order valence-corrected chi connectivity index (χ3v) is 6.43. The van der Waals surface area contributed by atoms with Gasteiger partial charge in [-0.15, -0.1) is 0 Å². The molecule has 2 atom stereocenters. The third kappa shape index (κ3) is 3.82. The molecule has 1 heterocycles. The number of amides is 1. The van der Waals surface area contributed by atoms with E-state index in [4.69, 9.17) is 16.7 Å². The molecule has 1 aliphatic heterocycles. The maximum Gasteiger partial charge on any atom is 0.276 e. The molecule has 0 unspecified atom stereocenters. The van der Waals surface area contributed by atoms with Crippen molar-refractivity contribution in [2.75, 3.05) is 0 Å². The van der Waals surface area contributed by atoms with Gasteiger partial charge in [0.2, 0.25) is 0 Å². The van der Waals surface area contributed by atoms with E-state index in [0.29, 0.717) is 10.6 Å². The van der Waals surface area contributed by atoms with Crippen molar-refractivity contribution in [1.29, 1.82) is 0 Å². The normalized spacial score (nSPS) is 21.6. The Morgan fingerprint density at radius 2 is 1.61 bits per heavy atom. The van der Waals surface area contributed by atoms with Crippen molar-refractivity contribution in [1.82, 2.24) is 5.01 Å². The molecule has 3 aromatic carbocycles. The van der Waals surface area contributed by atoms with Crippen molar-refractivity contribution < 1.29 is 4.79 Å². The van der Waals surface area contributed by atoms with Crippen LogP contribution in [0.25, 0.3) is 6.08 Å². The lowest BCUT2D eigenvalue weighted by molar-refractivity contribution is 0.0681. The zero-order valence-corrected chi connectivity index (χ0v) is 17.9. The van der Waals surface area contributed by atoms with Crippen molar-refractivity contribution in [3.8, 4) is 0 Å². The summed E-state index contributed by atoms with van der Waals surface area (Å²) in [5.74, 6) is 0.0259. The minimum absolute atomic E-state index is 0.126. The average Bonchev–Trinajstić information content (AvgIpc) is 3.21. The van der Waals surface area contributed by atoms with Crippen molar-refractivity contribution >= 4 is 29.3 Å². The van der Waals surface area contributed by atoms with Gasteiger partial charge < -0.3 is 0 Å². The van der Waals surface area contributed by atoms with Crippen LogP contribution >= 0.6 is 11.6 Å². The summed E-state index contributed by atoms with van der Waals surface area (Å²) in [7, 11) is 0. The number of hydrazone groups is 1. The van der Waals surface area contributed by atoms with Crippen LogP contribution in [0, 0.1) is 5.92 Å². The van der Waals surface area contributed by atoms with Gasteiger partial charge in [-0.3, -0.25) is 4.79 Å². The van der Waals surface area contributed by atoms with Gasteiger partial charge in [0.05, 0.1) is 22.3 Å². The van der Waals surface area contributed by atoms with Crippen LogP contribution in [0.5, 0.6) is 0 Å². The molecule has 1 saturated carbocycles. The third-order valence-electron chi connectivity index (χ3n) is 6.10. The summed E-state index contributed by atoms with van der Waals surface area (Å²) in [6, 6.07) is 27.6. The minimum atomic E-state index is -0.152. The van der Waals surface area contributed by atoms with Crippen LogP contribution in [-0.2, 0) is 0 Å². The Hall–Kier alpha value is -3.17. The highest BCUT2D eigenvalue weighted by molar-refractivity contribution is 6.33. The number of carbonyl (C=O) groups excluding carboxylic acids is 1. The van der Waals surface area contributed by atoms with Gasteiger partial charge in [0.25, 0.3) is 5.91 Å². The summed E-state index contributed by atoms with van der Waals surface area (Å²) in [4.78, 5) is 13.6. The molecule has 0 spiro atoms. The molecule has 31 heavy (non-hydrogen) atoms. The zero-order chi connectivity index (χ0) is 21.2. The summed E-state index contributed by atoms with van der Waals surface area (Å²) in [5.41, 5.74) is 5.00. The maximum absolute atomic E-state index is 13.6. The molecule has 1 amide bonds. The Bertz CT molecular complexity index is 1150. The number of hydrogen-bond acceptors (Lipinski definition) is 2. The number of carbonyl (C=O) groups is 1. The number of fused-ring (bicyclic) bond motifs is 1. The molecule has 0 saturated heterocycles. The second kappa shape index (κ2) is 8.52. The fourth-order valence-corrected chi connectivity index (χ4v) is 4.88. The summed E-state index contributed by atoms with van der Waals surface area (Å²) < 4.78 is 0. The van der Waals surface area contributed by atoms with E-state index in [1.54, 1.807) is 17.1 Å². The maximum atomic E-state index is 13.6. The van der Waals surface area contributed by atoms with Crippen molar-refractivity contribution in [2.24, 2.45) is 11.0 Å². The monoisotopic (exact) mass is 426 g/mol. The highest BCUT2D eigenvalue weighted by Crippen LogP contribution is 2.45. The van der Waals surface area contributed by atoms with Crippen molar-refractivity contribution in [3.63, 3.8) is 0 Å². The molecule has 2 aliphatic rings. The van der Waals surface area contributed by atoms with Crippen LogP contribution < -0.4 is 0 Å². The SMILES string of the molecule is O=C(c1ccccc1Cl)N1N=C2/C(=C/c3ccccc3)CCC[C@@H]2[C@@H]1c1ccccc1. The molecular weight excluding hydrogens is 404 g/mol. The predicted molar refractivity (Wildman–Crippen MR) is 126 cm³/mol. The van der Waals surface area contributed by atoms with Gasteiger partial charge >= 0.3 is 0 Å². The predicted octanol–water partition coefficient (Wildman–Crippen LogP) is 6.78. The Labute approximate surface area is 187 Å². The summed E-state index contributed by atoms with van der Waals surface area (Å²) >= 11 is 6.37. The molecule has 0 aromatic heterocycles. The summed E-state index contributed by atoms with van der Waals surface area (Å²) in [6.07, 6.45) is 5.28. The second-order valence-corrected chi connectivity index (χ2v) is 8.46. The smallest absolute Gasteiger partial charge is 0.267 e. The van der Waals surface area contributed by atoms with E-state index in [9.17, 15) is 4.79 Å². The summed E-state index contributed by atoms with van der Waals surface area (Å²) in [6.45, 7) is 0. The summed E-state index contributed by atoms with van der Waals surface area (Å²) in [5, 5.41) is 7.06.